The van der Waals surface area contributed by atoms with Gasteiger partial charge in [0.05, 0.1) is 0 Å². The van der Waals surface area contributed by atoms with Gasteiger partial charge in [0, 0.05) is 38.8 Å². The van der Waals surface area contributed by atoms with Crippen molar-refractivity contribution < 1.29 is 42.6 Å². The average molecular weight is 155 g/mol. The van der Waals surface area contributed by atoms with Crippen LogP contribution in [0, 0.1) is 0 Å². The van der Waals surface area contributed by atoms with Gasteiger partial charge in [-0.1, -0.05) is 0 Å². The third-order valence-corrected chi connectivity index (χ3v) is 0. The first-order valence-corrected chi connectivity index (χ1v) is 0.866. The summed E-state index contributed by atoms with van der Waals surface area (Å²) in [4.78, 5) is 0. The first kappa shape index (κ1) is 17.6. The molecule has 0 amide bonds. The van der Waals surface area contributed by atoms with E-state index in [2.05, 4.69) is 0 Å². The minimum atomic E-state index is 0. The van der Waals surface area contributed by atoms with Crippen LogP contribution in [-0.2, 0) is 42.6 Å². The molecule has 0 atom stereocenters. The first-order valence-electron chi connectivity index (χ1n) is 0.289. The Morgan fingerprint density at radius 1 is 1.25 bits per heavy atom. The van der Waals surface area contributed by atoms with Crippen molar-refractivity contribution in [2.75, 3.05) is 0 Å². The average Bonchev–Trinajstić information content (AvgIpc) is 1.00. The molecule has 0 aliphatic rings. The summed E-state index contributed by atoms with van der Waals surface area (Å²) in [7, 11) is 0. The number of rotatable bonds is 0. The molecule has 0 aromatic rings. The van der Waals surface area contributed by atoms with Crippen molar-refractivity contribution in [1.82, 2.24) is 0 Å². The molecular formula is HAlCuOTi. The molecule has 1 nitrogen and oxygen atoms in total. The van der Waals surface area contributed by atoms with Gasteiger partial charge in [0.25, 0.3) is 0 Å². The molecule has 4 heavy (non-hydrogen) atoms. The van der Waals surface area contributed by atoms with Gasteiger partial charge in [-0.15, -0.1) is 0 Å². The smallest absolute Gasteiger partial charge is 0 e. The van der Waals surface area contributed by atoms with Crippen molar-refractivity contribution in [2.45, 2.75) is 0 Å². The molecule has 0 aliphatic heterocycles. The Labute approximate surface area is 58.5 Å². The molecule has 0 aromatic carbocycles. The Balaban J connectivity index is -0.00000000500. The van der Waals surface area contributed by atoms with Crippen LogP contribution in [0.25, 0.3) is 0 Å². The zero-order valence-electron chi connectivity index (χ0n) is 1.92. The second kappa shape index (κ2) is 23.7. The van der Waals surface area contributed by atoms with Gasteiger partial charge in [0.2, 0.25) is 0 Å². The summed E-state index contributed by atoms with van der Waals surface area (Å²) in [6, 6.07) is 0. The maximum atomic E-state index is 8.28. The van der Waals surface area contributed by atoms with Crippen LogP contribution in [0.4, 0.5) is 0 Å². The van der Waals surface area contributed by atoms with Gasteiger partial charge in [0.15, 0.2) is 0 Å². The fraction of sp³-hybridized carbons (Fsp3) is 0. The van der Waals surface area contributed by atoms with Gasteiger partial charge < -0.3 is 0 Å². The molecule has 1 radical (unpaired) electrons. The molecule has 25 valence electrons. The van der Waals surface area contributed by atoms with Crippen molar-refractivity contribution in [3.05, 3.63) is 0 Å². The van der Waals surface area contributed by atoms with Gasteiger partial charge in [-0.3, -0.25) is 0 Å². The predicted octanol–water partition coefficient (Wildman–Crippen LogP) is -0.772. The molecule has 0 aliphatic carbocycles. The standard InChI is InChI=1S/Al.Cu.O.Ti.H. The molecule has 0 heterocycles. The Hall–Kier alpha value is 1.57. The molecule has 0 N–H and O–H groups in total. The number of hydrogen-bond acceptors (Lipinski definition) is 1. The van der Waals surface area contributed by atoms with E-state index in [4.69, 9.17) is 3.80 Å². The topological polar surface area (TPSA) is 17.1 Å². The van der Waals surface area contributed by atoms with E-state index in [1.165, 1.54) is 0 Å². The molecular weight excluding hydrogens is 154 g/mol. The Morgan fingerprint density at radius 2 is 1.25 bits per heavy atom. The monoisotopic (exact) mass is 155 g/mol. The summed E-state index contributed by atoms with van der Waals surface area (Å²) >= 11 is 0.611. The third-order valence-electron chi connectivity index (χ3n) is 0. The summed E-state index contributed by atoms with van der Waals surface area (Å²) in [5, 5.41) is 0. The van der Waals surface area contributed by atoms with E-state index in [1.807, 2.05) is 0 Å². The van der Waals surface area contributed by atoms with Crippen molar-refractivity contribution in [2.24, 2.45) is 0 Å². The summed E-state index contributed by atoms with van der Waals surface area (Å²) in [6.45, 7) is 0. The molecule has 4 heteroatoms. The van der Waals surface area contributed by atoms with Crippen molar-refractivity contribution in [3.63, 3.8) is 0 Å². The van der Waals surface area contributed by atoms with Crippen LogP contribution in [0.15, 0.2) is 0 Å². The van der Waals surface area contributed by atoms with Crippen LogP contribution in [0.5, 0.6) is 0 Å². The van der Waals surface area contributed by atoms with Gasteiger partial charge in [-0.05, 0) is 0 Å². The Kier molecular flexibility index (Phi) is 104. The van der Waals surface area contributed by atoms with E-state index in [0.29, 0.717) is 16.2 Å². The van der Waals surface area contributed by atoms with E-state index >= 15 is 0 Å². The van der Waals surface area contributed by atoms with E-state index in [-0.39, 0.29) is 38.8 Å². The van der Waals surface area contributed by atoms with Crippen LogP contribution in [-0.4, -0.2) is 16.2 Å². The first-order chi connectivity index (χ1) is 1.00. The SMILES string of the molecule is [Cu].[O]=[AlH].[Ti]. The molecule has 0 unspecified atom stereocenters. The van der Waals surface area contributed by atoms with Crippen molar-refractivity contribution >= 4 is 16.2 Å². The predicted molar refractivity (Wildman–Crippen MR) is 7.84 cm³/mol. The summed E-state index contributed by atoms with van der Waals surface area (Å²) in [5.41, 5.74) is 0. The molecule has 0 saturated carbocycles. The normalized spacial score (nSPS) is 0.750. The molecule has 0 spiro atoms. The molecule has 0 saturated heterocycles. The van der Waals surface area contributed by atoms with E-state index in [0.717, 1.165) is 0 Å². The third kappa shape index (κ3) is 9.57. The molecule has 0 bridgehead atoms. The van der Waals surface area contributed by atoms with E-state index < -0.39 is 0 Å². The van der Waals surface area contributed by atoms with Crippen LogP contribution < -0.4 is 0 Å². The van der Waals surface area contributed by atoms with Gasteiger partial charge in [-0.25, -0.2) is 0 Å². The van der Waals surface area contributed by atoms with E-state index in [1.54, 1.807) is 0 Å². The van der Waals surface area contributed by atoms with Gasteiger partial charge in [0.1, 0.15) is 0 Å². The Bertz CT molecular complexity index is 8.00. The summed E-state index contributed by atoms with van der Waals surface area (Å²) in [5.74, 6) is 0. The zero-order chi connectivity index (χ0) is 2.00. The van der Waals surface area contributed by atoms with Crippen LogP contribution in [0.3, 0.4) is 0 Å². The quantitative estimate of drug-likeness (QED) is 0.420. The van der Waals surface area contributed by atoms with Crippen LogP contribution in [0.2, 0.25) is 0 Å². The van der Waals surface area contributed by atoms with E-state index in [9.17, 15) is 0 Å². The zero-order valence-corrected chi connectivity index (χ0v) is 5.83. The second-order valence-electron chi connectivity index (χ2n) is 0. The minimum Gasteiger partial charge on any atom is 0 e. The summed E-state index contributed by atoms with van der Waals surface area (Å²) < 4.78 is 8.28. The maximum Gasteiger partial charge on any atom is 0 e. The second-order valence-corrected chi connectivity index (χ2v) is 0. The Morgan fingerprint density at radius 3 is 1.25 bits per heavy atom. The minimum absolute atomic E-state index is 0. The van der Waals surface area contributed by atoms with Crippen molar-refractivity contribution in [3.8, 4) is 0 Å². The fourth-order valence-corrected chi connectivity index (χ4v) is 0. The van der Waals surface area contributed by atoms with Crippen molar-refractivity contribution in [1.29, 1.82) is 0 Å². The van der Waals surface area contributed by atoms with Gasteiger partial charge in [-0.2, -0.15) is 0 Å². The number of hydrogen-bond donors (Lipinski definition) is 0. The van der Waals surface area contributed by atoms with Gasteiger partial charge >= 0.3 is 20.0 Å². The summed E-state index contributed by atoms with van der Waals surface area (Å²) in [6.07, 6.45) is 0. The molecule has 0 rings (SSSR count). The maximum absolute atomic E-state index is 8.28. The van der Waals surface area contributed by atoms with Crippen LogP contribution >= 0.6 is 0 Å². The fourth-order valence-electron chi connectivity index (χ4n) is 0. The molecule has 0 aromatic heterocycles. The molecule has 0 fully saturated rings. The van der Waals surface area contributed by atoms with Crippen LogP contribution in [0.1, 0.15) is 0 Å². The largest absolute Gasteiger partial charge is 0 e.